The van der Waals surface area contributed by atoms with Gasteiger partial charge in [-0.2, -0.15) is 0 Å². The number of rotatable bonds is 4. The van der Waals surface area contributed by atoms with Gasteiger partial charge in [0.1, 0.15) is 5.82 Å². The van der Waals surface area contributed by atoms with Crippen LogP contribution in [-0.4, -0.2) is 29.8 Å². The Labute approximate surface area is 123 Å². The number of nitrogens with two attached hydrogens (primary N) is 1. The Morgan fingerprint density at radius 2 is 2.05 bits per heavy atom. The van der Waals surface area contributed by atoms with Crippen LogP contribution < -0.4 is 10.5 Å². The van der Waals surface area contributed by atoms with E-state index < -0.39 is 15.6 Å². The topological polar surface area (TPSA) is 90.0 Å². The van der Waals surface area contributed by atoms with Gasteiger partial charge in [0.15, 0.2) is 0 Å². The zero-order valence-corrected chi connectivity index (χ0v) is 13.3. The first-order valence-electron chi connectivity index (χ1n) is 6.39. The zero-order chi connectivity index (χ0) is 16.0. The number of sulfonamides is 1. The van der Waals surface area contributed by atoms with Crippen LogP contribution in [0.25, 0.3) is 11.0 Å². The third kappa shape index (κ3) is 3.51. The monoisotopic (exact) mass is 314 g/mol. The number of nitrogens with one attached hydrogen (secondary N) is 1. The number of fused-ring (bicyclic) bond motifs is 1. The van der Waals surface area contributed by atoms with E-state index in [1.54, 1.807) is 31.4 Å². The van der Waals surface area contributed by atoms with E-state index in [1.165, 1.54) is 6.07 Å². The third-order valence-electron chi connectivity index (χ3n) is 3.07. The molecule has 0 aliphatic carbocycles. The molecule has 0 saturated carbocycles. The summed E-state index contributed by atoms with van der Waals surface area (Å²) in [6.07, 6.45) is 1.10. The fraction of sp³-hybridized carbons (Fsp3) is 0.462. The summed E-state index contributed by atoms with van der Waals surface area (Å²) in [6.45, 7) is 5.43. The summed E-state index contributed by atoms with van der Waals surface area (Å²) < 4.78 is 40.6. The molecule has 0 saturated heterocycles. The van der Waals surface area contributed by atoms with Crippen molar-refractivity contribution in [1.29, 1.82) is 0 Å². The smallest absolute Gasteiger partial charge is 0.209 e. The van der Waals surface area contributed by atoms with Gasteiger partial charge in [-0.15, -0.1) is 0 Å². The fourth-order valence-electron chi connectivity index (χ4n) is 2.36. The molecule has 0 bridgehead atoms. The molecule has 6 nitrogen and oxygen atoms in total. The molecule has 116 valence electrons. The minimum Gasteiger partial charge on any atom is -0.369 e. The molecule has 0 spiro atoms. The molecule has 0 atom stereocenters. The number of imidazole rings is 1. The molecule has 0 unspecified atom stereocenters. The van der Waals surface area contributed by atoms with Crippen molar-refractivity contribution in [1.82, 2.24) is 14.3 Å². The second-order valence-electron chi connectivity index (χ2n) is 5.90. The largest absolute Gasteiger partial charge is 0.369 e. The summed E-state index contributed by atoms with van der Waals surface area (Å²) in [5.74, 6) is -0.126. The normalized spacial score (nSPS) is 13.0. The first-order valence-corrected chi connectivity index (χ1v) is 8.28. The number of hydrogen-bond acceptors (Lipinski definition) is 4. The van der Waals surface area contributed by atoms with Crippen LogP contribution in [-0.2, 0) is 16.6 Å². The van der Waals surface area contributed by atoms with Gasteiger partial charge in [0.05, 0.1) is 17.3 Å². The third-order valence-corrected chi connectivity index (χ3v) is 4.00. The molecular weight excluding hydrogens is 295 g/mol. The quantitative estimate of drug-likeness (QED) is 0.892. The molecular formula is C13H19FN4O2S. The Kier molecular flexibility index (Phi) is 3.71. The van der Waals surface area contributed by atoms with E-state index in [0.29, 0.717) is 16.6 Å². The highest BCUT2D eigenvalue weighted by Crippen LogP contribution is 2.23. The maximum Gasteiger partial charge on any atom is 0.209 e. The van der Waals surface area contributed by atoms with Gasteiger partial charge >= 0.3 is 0 Å². The highest BCUT2D eigenvalue weighted by Gasteiger charge is 2.25. The van der Waals surface area contributed by atoms with Gasteiger partial charge in [0.2, 0.25) is 16.0 Å². The SMILES string of the molecule is Cc1cc2c(cc1F)nc(N)n2CC(C)(C)NS(C)(=O)=O. The van der Waals surface area contributed by atoms with Crippen molar-refractivity contribution >= 4 is 27.0 Å². The van der Waals surface area contributed by atoms with Crippen LogP contribution in [0, 0.1) is 12.7 Å². The number of hydrogen-bond donors (Lipinski definition) is 2. The maximum absolute atomic E-state index is 13.6. The number of benzene rings is 1. The second kappa shape index (κ2) is 4.96. The lowest BCUT2D eigenvalue weighted by Gasteiger charge is -2.26. The summed E-state index contributed by atoms with van der Waals surface area (Å²) >= 11 is 0. The van der Waals surface area contributed by atoms with Crippen molar-refractivity contribution in [3.05, 3.63) is 23.5 Å². The van der Waals surface area contributed by atoms with E-state index in [4.69, 9.17) is 5.73 Å². The highest BCUT2D eigenvalue weighted by molar-refractivity contribution is 7.88. The van der Waals surface area contributed by atoms with E-state index in [-0.39, 0.29) is 18.3 Å². The van der Waals surface area contributed by atoms with Crippen LogP contribution >= 0.6 is 0 Å². The average molecular weight is 314 g/mol. The van der Waals surface area contributed by atoms with Crippen LogP contribution in [0.5, 0.6) is 0 Å². The van der Waals surface area contributed by atoms with E-state index in [0.717, 1.165) is 6.26 Å². The lowest BCUT2D eigenvalue weighted by Crippen LogP contribution is -2.46. The molecule has 1 aromatic carbocycles. The van der Waals surface area contributed by atoms with Gasteiger partial charge < -0.3 is 10.3 Å². The van der Waals surface area contributed by atoms with Gasteiger partial charge in [0, 0.05) is 18.2 Å². The standard InChI is InChI=1S/C13H19FN4O2S/c1-8-5-11-10(6-9(8)14)16-12(15)18(11)7-13(2,3)17-21(4,19)20/h5-6,17H,7H2,1-4H3,(H2,15,16). The predicted molar refractivity (Wildman–Crippen MR) is 80.9 cm³/mol. The average Bonchev–Trinajstić information content (AvgIpc) is 2.53. The maximum atomic E-state index is 13.6. The van der Waals surface area contributed by atoms with Crippen LogP contribution in [0.4, 0.5) is 10.3 Å². The van der Waals surface area contributed by atoms with Crippen LogP contribution in [0.1, 0.15) is 19.4 Å². The van der Waals surface area contributed by atoms with Crippen molar-refractivity contribution in [2.45, 2.75) is 32.9 Å². The summed E-state index contributed by atoms with van der Waals surface area (Å²) in [5.41, 5.74) is 6.73. The highest BCUT2D eigenvalue weighted by atomic mass is 32.2. The molecule has 8 heteroatoms. The Morgan fingerprint density at radius 1 is 1.43 bits per heavy atom. The lowest BCUT2D eigenvalue weighted by molar-refractivity contribution is 0.398. The molecule has 0 aliphatic rings. The minimum atomic E-state index is -3.35. The van der Waals surface area contributed by atoms with Gasteiger partial charge in [-0.05, 0) is 32.4 Å². The molecule has 2 rings (SSSR count). The van der Waals surface area contributed by atoms with Gasteiger partial charge in [0.25, 0.3) is 0 Å². The number of nitrogens with zero attached hydrogens (tertiary/aromatic N) is 2. The van der Waals surface area contributed by atoms with Crippen molar-refractivity contribution in [2.24, 2.45) is 0 Å². The van der Waals surface area contributed by atoms with Crippen LogP contribution in [0.15, 0.2) is 12.1 Å². The molecule has 1 heterocycles. The summed E-state index contributed by atoms with van der Waals surface area (Å²) in [4.78, 5) is 4.12. The number of aromatic nitrogens is 2. The molecule has 21 heavy (non-hydrogen) atoms. The van der Waals surface area contributed by atoms with Crippen molar-refractivity contribution in [3.8, 4) is 0 Å². The molecule has 0 aliphatic heterocycles. The summed E-state index contributed by atoms with van der Waals surface area (Å²) in [7, 11) is -3.35. The van der Waals surface area contributed by atoms with E-state index in [2.05, 4.69) is 9.71 Å². The molecule has 1 aromatic heterocycles. The van der Waals surface area contributed by atoms with E-state index >= 15 is 0 Å². The van der Waals surface area contributed by atoms with Crippen LogP contribution in [0.2, 0.25) is 0 Å². The first-order chi connectivity index (χ1) is 9.48. The van der Waals surface area contributed by atoms with Crippen molar-refractivity contribution in [2.75, 3.05) is 12.0 Å². The van der Waals surface area contributed by atoms with Gasteiger partial charge in [-0.1, -0.05) is 0 Å². The Bertz CT molecular complexity index is 796. The molecule has 0 fully saturated rings. The number of anilines is 1. The van der Waals surface area contributed by atoms with E-state index in [1.807, 2.05) is 0 Å². The second-order valence-corrected chi connectivity index (χ2v) is 7.65. The first kappa shape index (κ1) is 15.7. The lowest BCUT2D eigenvalue weighted by atomic mass is 10.1. The Morgan fingerprint density at radius 3 is 2.62 bits per heavy atom. The van der Waals surface area contributed by atoms with Crippen molar-refractivity contribution < 1.29 is 12.8 Å². The number of nitrogen functional groups attached to an aromatic ring is 1. The summed E-state index contributed by atoms with van der Waals surface area (Å²) in [5, 5.41) is 0. The van der Waals surface area contributed by atoms with Gasteiger partial charge in [-0.25, -0.2) is 22.5 Å². The van der Waals surface area contributed by atoms with E-state index in [9.17, 15) is 12.8 Å². The number of halogens is 1. The molecule has 0 radical (unpaired) electrons. The van der Waals surface area contributed by atoms with Gasteiger partial charge in [-0.3, -0.25) is 0 Å². The predicted octanol–water partition coefficient (Wildman–Crippen LogP) is 1.39. The van der Waals surface area contributed by atoms with Crippen molar-refractivity contribution in [3.63, 3.8) is 0 Å². The summed E-state index contributed by atoms with van der Waals surface area (Å²) in [6, 6.07) is 2.99. The van der Waals surface area contributed by atoms with Crippen LogP contribution in [0.3, 0.4) is 0 Å². The Hall–Kier alpha value is -1.67. The fourth-order valence-corrected chi connectivity index (χ4v) is 3.43. The zero-order valence-electron chi connectivity index (χ0n) is 12.4. The molecule has 2 aromatic rings. The molecule has 0 amide bonds. The Balaban J connectivity index is 2.47. The minimum absolute atomic E-state index is 0.221. The molecule has 3 N–H and O–H groups in total. The number of aryl methyl sites for hydroxylation is 1.